The fraction of sp³-hybridized carbons (Fsp3) is 0.714. The molecule has 15 heavy (non-hydrogen) atoms. The molecule has 1 nitrogen and oxygen atoms in total. The molecule has 0 rings (SSSR count). The van der Waals surface area contributed by atoms with E-state index in [9.17, 15) is 26.3 Å². The molecule has 90 valence electrons. The van der Waals surface area contributed by atoms with Crippen molar-refractivity contribution in [3.05, 3.63) is 12.2 Å². The van der Waals surface area contributed by atoms with E-state index in [1.54, 1.807) is 0 Å². The Bertz CT molecular complexity index is 207. The van der Waals surface area contributed by atoms with Crippen LogP contribution in [0.15, 0.2) is 12.2 Å². The summed E-state index contributed by atoms with van der Waals surface area (Å²) >= 11 is 5.12. The topological polar surface area (TPSA) is 9.23 Å². The van der Waals surface area contributed by atoms with Gasteiger partial charge < -0.3 is 4.74 Å². The van der Waals surface area contributed by atoms with Crippen molar-refractivity contribution >= 4 is 11.6 Å². The molecule has 0 aliphatic rings. The average molecular weight is 257 g/mol. The lowest BCUT2D eigenvalue weighted by atomic mass is 10.3. The SMILES string of the molecule is C=C(CCl)COC(C(F)(F)F)C(F)(F)F. The van der Waals surface area contributed by atoms with Crippen molar-refractivity contribution in [3.63, 3.8) is 0 Å². The first-order chi connectivity index (χ1) is 6.59. The number of alkyl halides is 7. The lowest BCUT2D eigenvalue weighted by Gasteiger charge is -2.23. The van der Waals surface area contributed by atoms with Gasteiger partial charge in [-0.1, -0.05) is 6.58 Å². The Morgan fingerprint density at radius 3 is 1.80 bits per heavy atom. The summed E-state index contributed by atoms with van der Waals surface area (Å²) in [6.07, 6.45) is -14.8. The molecule has 0 aliphatic heterocycles. The fourth-order valence-corrected chi connectivity index (χ4v) is 0.691. The van der Waals surface area contributed by atoms with Crippen LogP contribution in [-0.2, 0) is 4.74 Å². The van der Waals surface area contributed by atoms with Gasteiger partial charge in [0.2, 0.25) is 6.10 Å². The maximum Gasteiger partial charge on any atom is 0.423 e. The lowest BCUT2D eigenvalue weighted by Crippen LogP contribution is -2.44. The van der Waals surface area contributed by atoms with Crippen molar-refractivity contribution < 1.29 is 31.1 Å². The van der Waals surface area contributed by atoms with E-state index < -0.39 is 25.1 Å². The van der Waals surface area contributed by atoms with E-state index in [0.717, 1.165) is 0 Å². The molecule has 0 aliphatic carbocycles. The molecule has 0 heterocycles. The maximum atomic E-state index is 11.9. The molecular formula is C7H7ClF6O. The van der Waals surface area contributed by atoms with Crippen LogP contribution < -0.4 is 0 Å². The standard InChI is InChI=1S/C7H7ClF6O/c1-4(2-8)3-15-5(6(9,10)11)7(12,13)14/h5H,1-3H2. The maximum absolute atomic E-state index is 11.9. The van der Waals surface area contributed by atoms with E-state index in [4.69, 9.17) is 11.6 Å². The first-order valence-electron chi connectivity index (χ1n) is 3.56. The van der Waals surface area contributed by atoms with Gasteiger partial charge in [-0.25, -0.2) is 0 Å². The minimum atomic E-state index is -5.50. The summed E-state index contributed by atoms with van der Waals surface area (Å²) in [4.78, 5) is 0. The third kappa shape index (κ3) is 5.27. The third-order valence-corrected chi connectivity index (χ3v) is 1.62. The van der Waals surface area contributed by atoms with Crippen molar-refractivity contribution in [3.8, 4) is 0 Å². The molecule has 0 aromatic rings. The molecule has 0 saturated heterocycles. The normalized spacial score (nSPS) is 13.3. The predicted octanol–water partition coefficient (Wildman–Crippen LogP) is 3.29. The lowest BCUT2D eigenvalue weighted by molar-refractivity contribution is -0.319. The van der Waals surface area contributed by atoms with E-state index in [1.807, 2.05) is 0 Å². The van der Waals surface area contributed by atoms with Crippen LogP contribution in [0.4, 0.5) is 26.3 Å². The molecule has 0 bridgehead atoms. The molecule has 0 atom stereocenters. The van der Waals surface area contributed by atoms with Crippen molar-refractivity contribution in [2.75, 3.05) is 12.5 Å². The monoisotopic (exact) mass is 256 g/mol. The van der Waals surface area contributed by atoms with E-state index in [0.29, 0.717) is 0 Å². The summed E-state index contributed by atoms with van der Waals surface area (Å²) in [5.74, 6) is -0.261. The highest BCUT2D eigenvalue weighted by molar-refractivity contribution is 6.19. The minimum absolute atomic E-state index is 0.0600. The second kappa shape index (κ2) is 5.07. The second-order valence-electron chi connectivity index (χ2n) is 2.66. The van der Waals surface area contributed by atoms with Crippen LogP contribution in [0.2, 0.25) is 0 Å². The summed E-state index contributed by atoms with van der Waals surface area (Å²) in [5.41, 5.74) is -0.0600. The summed E-state index contributed by atoms with van der Waals surface area (Å²) < 4.78 is 74.9. The number of hydrogen-bond donors (Lipinski definition) is 0. The van der Waals surface area contributed by atoms with Crippen molar-refractivity contribution in [2.24, 2.45) is 0 Å². The molecule has 0 unspecified atom stereocenters. The van der Waals surface area contributed by atoms with E-state index >= 15 is 0 Å². The molecule has 8 heteroatoms. The molecule has 0 spiro atoms. The summed E-state index contributed by atoms with van der Waals surface area (Å²) in [6.45, 7) is 2.24. The summed E-state index contributed by atoms with van der Waals surface area (Å²) in [5, 5.41) is 0. The van der Waals surface area contributed by atoms with E-state index in [1.165, 1.54) is 0 Å². The highest BCUT2D eigenvalue weighted by atomic mass is 35.5. The van der Waals surface area contributed by atoms with Gasteiger partial charge in [-0.2, -0.15) is 26.3 Å². The Kier molecular flexibility index (Phi) is 4.92. The summed E-state index contributed by atoms with van der Waals surface area (Å²) in [7, 11) is 0. The number of rotatable bonds is 4. The Hall–Kier alpha value is -0.430. The molecule has 0 radical (unpaired) electrons. The smallest absolute Gasteiger partial charge is 0.356 e. The van der Waals surface area contributed by atoms with Crippen LogP contribution in [0.5, 0.6) is 0 Å². The van der Waals surface area contributed by atoms with E-state index in [-0.39, 0.29) is 11.5 Å². The zero-order valence-corrected chi connectivity index (χ0v) is 8.01. The van der Waals surface area contributed by atoms with Gasteiger partial charge in [0.1, 0.15) is 0 Å². The highest BCUT2D eigenvalue weighted by Crippen LogP contribution is 2.35. The van der Waals surface area contributed by atoms with Gasteiger partial charge in [0, 0.05) is 5.88 Å². The zero-order chi connectivity index (χ0) is 12.3. The van der Waals surface area contributed by atoms with Gasteiger partial charge in [0.05, 0.1) is 6.61 Å². The molecule has 0 aromatic carbocycles. The van der Waals surface area contributed by atoms with Crippen LogP contribution in [0.25, 0.3) is 0 Å². The number of halogens is 7. The Morgan fingerprint density at radius 1 is 1.13 bits per heavy atom. The Labute approximate surface area is 86.6 Å². The van der Waals surface area contributed by atoms with Crippen LogP contribution in [0.3, 0.4) is 0 Å². The number of ether oxygens (including phenoxy) is 1. The van der Waals surface area contributed by atoms with Gasteiger partial charge >= 0.3 is 12.4 Å². The third-order valence-electron chi connectivity index (χ3n) is 1.24. The van der Waals surface area contributed by atoms with Gasteiger partial charge in [0.25, 0.3) is 0 Å². The molecule has 0 saturated carbocycles. The van der Waals surface area contributed by atoms with Crippen molar-refractivity contribution in [2.45, 2.75) is 18.5 Å². The van der Waals surface area contributed by atoms with Gasteiger partial charge in [-0.15, -0.1) is 11.6 Å². The second-order valence-corrected chi connectivity index (χ2v) is 2.93. The van der Waals surface area contributed by atoms with Crippen LogP contribution in [0.1, 0.15) is 0 Å². The van der Waals surface area contributed by atoms with Crippen molar-refractivity contribution in [1.82, 2.24) is 0 Å². The quantitative estimate of drug-likeness (QED) is 0.426. The summed E-state index contributed by atoms with van der Waals surface area (Å²) in [6, 6.07) is 0. The van der Waals surface area contributed by atoms with Crippen LogP contribution >= 0.6 is 11.6 Å². The van der Waals surface area contributed by atoms with Crippen LogP contribution in [-0.4, -0.2) is 30.9 Å². The van der Waals surface area contributed by atoms with Gasteiger partial charge in [0.15, 0.2) is 0 Å². The average Bonchev–Trinajstić information content (AvgIpc) is 1.99. The molecule has 0 N–H and O–H groups in total. The fourth-order valence-electron chi connectivity index (χ4n) is 0.614. The van der Waals surface area contributed by atoms with Crippen molar-refractivity contribution in [1.29, 1.82) is 0 Å². The minimum Gasteiger partial charge on any atom is -0.356 e. The molecule has 0 amide bonds. The first kappa shape index (κ1) is 14.6. The van der Waals surface area contributed by atoms with Crippen LogP contribution in [0, 0.1) is 0 Å². The number of hydrogen-bond acceptors (Lipinski definition) is 1. The van der Waals surface area contributed by atoms with Gasteiger partial charge in [-0.3, -0.25) is 0 Å². The zero-order valence-electron chi connectivity index (χ0n) is 7.25. The molecule has 0 fully saturated rings. The van der Waals surface area contributed by atoms with Gasteiger partial charge in [-0.05, 0) is 5.57 Å². The molecule has 0 aromatic heterocycles. The van der Waals surface area contributed by atoms with E-state index in [2.05, 4.69) is 11.3 Å². The first-order valence-corrected chi connectivity index (χ1v) is 4.10. The Balaban J connectivity index is 4.49. The predicted molar refractivity (Wildman–Crippen MR) is 41.7 cm³/mol. The largest absolute Gasteiger partial charge is 0.423 e. The molecular weight excluding hydrogens is 250 g/mol. The Morgan fingerprint density at radius 2 is 1.53 bits per heavy atom. The highest BCUT2D eigenvalue weighted by Gasteiger charge is 2.57.